The topological polar surface area (TPSA) is 55.1 Å². The van der Waals surface area contributed by atoms with E-state index < -0.39 is 0 Å². The fourth-order valence-electron chi connectivity index (χ4n) is 2.62. The number of aromatic nitrogens is 1. The summed E-state index contributed by atoms with van der Waals surface area (Å²) in [5, 5.41) is 3.67. The summed E-state index contributed by atoms with van der Waals surface area (Å²) in [5.74, 6) is 0.681. The monoisotopic (exact) mass is 348 g/mol. The number of carbonyl (C=O) groups excluding carboxylic acids is 1. The van der Waals surface area contributed by atoms with Crippen LogP contribution in [0.5, 0.6) is 0 Å². The second-order valence-corrected chi connectivity index (χ2v) is 6.79. The molecule has 2 aromatic heterocycles. The van der Waals surface area contributed by atoms with Gasteiger partial charge in [0.1, 0.15) is 0 Å². The number of benzene rings is 2. The molecule has 0 saturated heterocycles. The third-order valence-electron chi connectivity index (χ3n) is 4.04. The lowest BCUT2D eigenvalue weighted by Crippen LogP contribution is -2.22. The molecule has 4 rings (SSSR count). The fraction of sp³-hybridized carbons (Fsp3) is 0.100. The van der Waals surface area contributed by atoms with Crippen LogP contribution >= 0.6 is 11.3 Å². The van der Waals surface area contributed by atoms with E-state index in [1.54, 1.807) is 23.5 Å². The number of furan rings is 1. The molecule has 5 heteroatoms. The summed E-state index contributed by atoms with van der Waals surface area (Å²) in [7, 11) is 0. The first kappa shape index (κ1) is 15.6. The van der Waals surface area contributed by atoms with E-state index in [4.69, 9.17) is 4.42 Å². The Labute approximate surface area is 149 Å². The number of fused-ring (bicyclic) bond motifs is 1. The Kier molecular flexibility index (Phi) is 4.07. The van der Waals surface area contributed by atoms with Crippen LogP contribution in [0, 0.1) is 6.92 Å². The van der Waals surface area contributed by atoms with Crippen molar-refractivity contribution in [3.05, 3.63) is 77.6 Å². The Morgan fingerprint density at radius 1 is 1.08 bits per heavy atom. The van der Waals surface area contributed by atoms with Crippen molar-refractivity contribution in [1.82, 2.24) is 10.3 Å². The van der Waals surface area contributed by atoms with Crippen molar-refractivity contribution < 1.29 is 9.21 Å². The first-order chi connectivity index (χ1) is 12.2. The third kappa shape index (κ3) is 3.19. The van der Waals surface area contributed by atoms with Gasteiger partial charge in [-0.25, -0.2) is 4.98 Å². The van der Waals surface area contributed by atoms with Crippen molar-refractivity contribution in [2.24, 2.45) is 0 Å². The van der Waals surface area contributed by atoms with Crippen molar-refractivity contribution in [3.8, 4) is 10.8 Å². The molecule has 0 saturated carbocycles. The van der Waals surface area contributed by atoms with Gasteiger partial charge >= 0.3 is 0 Å². The van der Waals surface area contributed by atoms with Gasteiger partial charge in [0.15, 0.2) is 16.5 Å². The maximum Gasteiger partial charge on any atom is 0.287 e. The Balaban J connectivity index is 1.50. The molecular weight excluding hydrogens is 332 g/mol. The number of amides is 1. The number of thiazole rings is 1. The van der Waals surface area contributed by atoms with Crippen LogP contribution in [0.3, 0.4) is 0 Å². The number of hydrogen-bond donors (Lipinski definition) is 1. The molecule has 4 aromatic rings. The minimum atomic E-state index is -0.226. The van der Waals surface area contributed by atoms with Crippen molar-refractivity contribution >= 4 is 27.5 Å². The minimum absolute atomic E-state index is 0.226. The Bertz CT molecular complexity index is 1020. The van der Waals surface area contributed by atoms with Gasteiger partial charge in [-0.1, -0.05) is 36.4 Å². The second-order valence-electron chi connectivity index (χ2n) is 5.76. The van der Waals surface area contributed by atoms with Gasteiger partial charge in [0.05, 0.1) is 10.2 Å². The number of para-hydroxylation sites is 1. The van der Waals surface area contributed by atoms with E-state index in [2.05, 4.69) is 10.3 Å². The smallest absolute Gasteiger partial charge is 0.287 e. The van der Waals surface area contributed by atoms with E-state index in [0.717, 1.165) is 26.4 Å². The standard InChI is InChI=1S/C20H16N2O2S/c1-13-6-2-3-7-14(13)12-21-19(23)16-10-11-17(24-16)20-22-15-8-4-5-9-18(15)25-20/h2-11H,12H2,1H3,(H,21,23). The largest absolute Gasteiger partial charge is 0.448 e. The molecular formula is C20H16N2O2S. The van der Waals surface area contributed by atoms with Crippen LogP contribution in [0.25, 0.3) is 21.0 Å². The van der Waals surface area contributed by atoms with Gasteiger partial charge in [0, 0.05) is 6.54 Å². The van der Waals surface area contributed by atoms with Crippen molar-refractivity contribution in [2.45, 2.75) is 13.5 Å². The maximum absolute atomic E-state index is 12.3. The van der Waals surface area contributed by atoms with Crippen LogP contribution < -0.4 is 5.32 Å². The SMILES string of the molecule is Cc1ccccc1CNC(=O)c1ccc(-c2nc3ccccc3s2)o1. The molecule has 2 aromatic carbocycles. The number of nitrogens with one attached hydrogen (secondary N) is 1. The highest BCUT2D eigenvalue weighted by atomic mass is 32.1. The first-order valence-corrected chi connectivity index (χ1v) is 8.81. The zero-order valence-electron chi connectivity index (χ0n) is 13.7. The van der Waals surface area contributed by atoms with Crippen LogP contribution in [0.2, 0.25) is 0 Å². The van der Waals surface area contributed by atoms with Crippen molar-refractivity contribution in [3.63, 3.8) is 0 Å². The minimum Gasteiger partial charge on any atom is -0.448 e. The van der Waals surface area contributed by atoms with E-state index in [9.17, 15) is 4.79 Å². The molecule has 0 aliphatic carbocycles. The number of hydrogen-bond acceptors (Lipinski definition) is 4. The number of aryl methyl sites for hydroxylation is 1. The molecule has 1 amide bonds. The second kappa shape index (κ2) is 6.53. The average molecular weight is 348 g/mol. The van der Waals surface area contributed by atoms with E-state index in [0.29, 0.717) is 18.1 Å². The lowest BCUT2D eigenvalue weighted by molar-refractivity contribution is 0.0924. The molecule has 25 heavy (non-hydrogen) atoms. The van der Waals surface area contributed by atoms with Crippen LogP contribution in [0.4, 0.5) is 0 Å². The number of rotatable bonds is 4. The average Bonchev–Trinajstić information content (AvgIpc) is 3.27. The highest BCUT2D eigenvalue weighted by Gasteiger charge is 2.15. The summed E-state index contributed by atoms with van der Waals surface area (Å²) in [4.78, 5) is 16.9. The predicted octanol–water partition coefficient (Wildman–Crippen LogP) is 4.79. The van der Waals surface area contributed by atoms with Gasteiger partial charge < -0.3 is 9.73 Å². The van der Waals surface area contributed by atoms with E-state index in [1.807, 2.05) is 55.5 Å². The van der Waals surface area contributed by atoms with E-state index >= 15 is 0 Å². The van der Waals surface area contributed by atoms with Gasteiger partial charge in [-0.15, -0.1) is 11.3 Å². The van der Waals surface area contributed by atoms with E-state index in [-0.39, 0.29) is 5.91 Å². The molecule has 0 aliphatic heterocycles. The first-order valence-electron chi connectivity index (χ1n) is 7.99. The van der Waals surface area contributed by atoms with Crippen molar-refractivity contribution in [2.75, 3.05) is 0 Å². The summed E-state index contributed by atoms with van der Waals surface area (Å²) >= 11 is 1.55. The summed E-state index contributed by atoms with van der Waals surface area (Å²) in [6.45, 7) is 2.50. The molecule has 0 aliphatic rings. The lowest BCUT2D eigenvalue weighted by Gasteiger charge is -2.06. The van der Waals surface area contributed by atoms with Gasteiger partial charge in [-0.3, -0.25) is 4.79 Å². The molecule has 124 valence electrons. The van der Waals surface area contributed by atoms with Crippen LogP contribution in [0.15, 0.2) is 65.1 Å². The molecule has 0 unspecified atom stereocenters. The maximum atomic E-state index is 12.3. The Hall–Kier alpha value is -2.92. The molecule has 0 spiro atoms. The van der Waals surface area contributed by atoms with Gasteiger partial charge in [-0.05, 0) is 42.3 Å². The molecule has 1 N–H and O–H groups in total. The van der Waals surface area contributed by atoms with Gasteiger partial charge in [0.2, 0.25) is 0 Å². The van der Waals surface area contributed by atoms with E-state index in [1.165, 1.54) is 0 Å². The zero-order valence-corrected chi connectivity index (χ0v) is 14.5. The Morgan fingerprint density at radius 2 is 1.88 bits per heavy atom. The van der Waals surface area contributed by atoms with Crippen LogP contribution in [-0.2, 0) is 6.54 Å². The van der Waals surface area contributed by atoms with Crippen LogP contribution in [-0.4, -0.2) is 10.9 Å². The molecule has 4 nitrogen and oxygen atoms in total. The Morgan fingerprint density at radius 3 is 2.72 bits per heavy atom. The number of nitrogens with zero attached hydrogens (tertiary/aromatic N) is 1. The molecule has 2 heterocycles. The molecule has 0 fully saturated rings. The molecule has 0 radical (unpaired) electrons. The van der Waals surface area contributed by atoms with Gasteiger partial charge in [-0.2, -0.15) is 0 Å². The summed E-state index contributed by atoms with van der Waals surface area (Å²) in [5.41, 5.74) is 3.18. The summed E-state index contributed by atoms with van der Waals surface area (Å²) in [6, 6.07) is 19.4. The normalized spacial score (nSPS) is 10.9. The lowest BCUT2D eigenvalue weighted by atomic mass is 10.1. The molecule has 0 atom stereocenters. The van der Waals surface area contributed by atoms with Crippen LogP contribution in [0.1, 0.15) is 21.7 Å². The summed E-state index contributed by atoms with van der Waals surface area (Å²) in [6.07, 6.45) is 0. The fourth-order valence-corrected chi connectivity index (χ4v) is 3.55. The highest BCUT2D eigenvalue weighted by molar-refractivity contribution is 7.21. The number of carbonyl (C=O) groups is 1. The zero-order chi connectivity index (χ0) is 17.2. The third-order valence-corrected chi connectivity index (χ3v) is 5.09. The highest BCUT2D eigenvalue weighted by Crippen LogP contribution is 2.31. The predicted molar refractivity (Wildman–Crippen MR) is 99.7 cm³/mol. The van der Waals surface area contributed by atoms with Crippen molar-refractivity contribution in [1.29, 1.82) is 0 Å². The van der Waals surface area contributed by atoms with Gasteiger partial charge in [0.25, 0.3) is 5.91 Å². The quantitative estimate of drug-likeness (QED) is 0.577. The molecule has 0 bridgehead atoms. The summed E-state index contributed by atoms with van der Waals surface area (Å²) < 4.78 is 6.81.